The topological polar surface area (TPSA) is 83.0 Å². The minimum atomic E-state index is -1.09. The molecule has 1 atom stereocenters. The number of nitrogens with two attached hydrogens (primary N) is 1. The second-order valence-corrected chi connectivity index (χ2v) is 5.75. The Morgan fingerprint density at radius 2 is 1.76 bits per heavy atom. The average Bonchev–Trinajstić information content (AvgIpc) is 2.62. The van der Waals surface area contributed by atoms with Crippen molar-refractivity contribution in [2.24, 2.45) is 0 Å². The lowest BCUT2D eigenvalue weighted by Gasteiger charge is -2.16. The minimum absolute atomic E-state index is 0.0274. The first kappa shape index (κ1) is 18.7. The number of aliphatic carboxylic acids is 1. The molecule has 2 aromatic carbocycles. The predicted octanol–water partition coefficient (Wildman–Crippen LogP) is 1.10. The van der Waals surface area contributed by atoms with Crippen LogP contribution in [-0.4, -0.2) is 24.9 Å². The number of rotatable bonds is 10. The maximum absolute atomic E-state index is 12.3. The molecule has 0 aliphatic heterocycles. The Bertz CT molecular complexity index is 683. The minimum Gasteiger partial charge on any atom is -0.550 e. The van der Waals surface area contributed by atoms with Crippen molar-refractivity contribution in [1.29, 1.82) is 0 Å². The molecule has 0 fully saturated rings. The Morgan fingerprint density at radius 3 is 2.36 bits per heavy atom. The monoisotopic (exact) mass is 341 g/mol. The molecule has 25 heavy (non-hydrogen) atoms. The largest absolute Gasteiger partial charge is 0.550 e. The molecule has 0 spiro atoms. The summed E-state index contributed by atoms with van der Waals surface area (Å²) in [7, 11) is 0. The Labute approximate surface area is 147 Å². The van der Waals surface area contributed by atoms with Crippen molar-refractivity contribution >= 4 is 11.8 Å². The van der Waals surface area contributed by atoms with Gasteiger partial charge in [-0.2, -0.15) is 0 Å². The summed E-state index contributed by atoms with van der Waals surface area (Å²) in [6.45, 7) is 3.01. The van der Waals surface area contributed by atoms with Crippen molar-refractivity contribution in [2.75, 3.05) is 13.2 Å². The summed E-state index contributed by atoms with van der Waals surface area (Å²) in [5.41, 5.74) is 1.55. The van der Waals surface area contributed by atoms with Gasteiger partial charge >= 0.3 is 0 Å². The molecular formula is C20H23NO4. The van der Waals surface area contributed by atoms with Gasteiger partial charge < -0.3 is 20.0 Å². The van der Waals surface area contributed by atoms with Gasteiger partial charge in [0.1, 0.15) is 11.8 Å². The molecule has 5 nitrogen and oxygen atoms in total. The third-order valence-electron chi connectivity index (χ3n) is 3.92. The SMILES string of the molecule is CCOc1ccc(C(=O)CC[NH2+]C(CC(=O)[O-])c2ccccc2)cc1. The number of quaternary nitrogens is 1. The number of carbonyl (C=O) groups excluding carboxylic acids is 2. The highest BCUT2D eigenvalue weighted by atomic mass is 16.5. The van der Waals surface area contributed by atoms with E-state index in [2.05, 4.69) is 0 Å². The fraction of sp³-hybridized carbons (Fsp3) is 0.300. The summed E-state index contributed by atoms with van der Waals surface area (Å²) >= 11 is 0. The van der Waals surface area contributed by atoms with E-state index in [0.29, 0.717) is 25.1 Å². The van der Waals surface area contributed by atoms with Crippen LogP contribution in [0.15, 0.2) is 54.6 Å². The second-order valence-electron chi connectivity index (χ2n) is 5.75. The second kappa shape index (κ2) is 9.59. The lowest BCUT2D eigenvalue weighted by atomic mass is 10.0. The zero-order chi connectivity index (χ0) is 18.1. The van der Waals surface area contributed by atoms with E-state index in [1.807, 2.05) is 42.6 Å². The van der Waals surface area contributed by atoms with Gasteiger partial charge in [0, 0.05) is 23.5 Å². The highest BCUT2D eigenvalue weighted by molar-refractivity contribution is 5.96. The van der Waals surface area contributed by atoms with Gasteiger partial charge in [-0.15, -0.1) is 0 Å². The summed E-state index contributed by atoms with van der Waals surface area (Å²) in [6, 6.07) is 16.2. The molecular weight excluding hydrogens is 318 g/mol. The summed E-state index contributed by atoms with van der Waals surface area (Å²) in [5, 5.41) is 12.9. The number of hydrogen-bond acceptors (Lipinski definition) is 4. The van der Waals surface area contributed by atoms with Crippen LogP contribution >= 0.6 is 0 Å². The molecule has 132 valence electrons. The molecule has 0 saturated heterocycles. The van der Waals surface area contributed by atoms with Crippen LogP contribution in [0, 0.1) is 0 Å². The predicted molar refractivity (Wildman–Crippen MR) is 92.2 cm³/mol. The molecule has 0 amide bonds. The number of ether oxygens (including phenoxy) is 1. The number of carbonyl (C=O) groups is 2. The van der Waals surface area contributed by atoms with Crippen LogP contribution < -0.4 is 15.2 Å². The molecule has 2 rings (SSSR count). The molecule has 0 saturated carbocycles. The van der Waals surface area contributed by atoms with E-state index >= 15 is 0 Å². The van der Waals surface area contributed by atoms with Crippen molar-refractivity contribution in [2.45, 2.75) is 25.8 Å². The van der Waals surface area contributed by atoms with Crippen molar-refractivity contribution in [3.63, 3.8) is 0 Å². The fourth-order valence-corrected chi connectivity index (χ4v) is 2.68. The van der Waals surface area contributed by atoms with Crippen LogP contribution in [0.2, 0.25) is 0 Å². The normalized spacial score (nSPS) is 11.7. The molecule has 0 aromatic heterocycles. The van der Waals surface area contributed by atoms with Crippen molar-refractivity contribution in [3.8, 4) is 5.75 Å². The van der Waals surface area contributed by atoms with Crippen LogP contribution in [-0.2, 0) is 4.79 Å². The number of hydrogen-bond donors (Lipinski definition) is 1. The van der Waals surface area contributed by atoms with Gasteiger partial charge in [0.25, 0.3) is 0 Å². The van der Waals surface area contributed by atoms with E-state index < -0.39 is 5.97 Å². The van der Waals surface area contributed by atoms with Crippen LogP contribution in [0.5, 0.6) is 5.75 Å². The van der Waals surface area contributed by atoms with Crippen LogP contribution in [0.25, 0.3) is 0 Å². The van der Waals surface area contributed by atoms with E-state index in [9.17, 15) is 14.7 Å². The number of benzene rings is 2. The van der Waals surface area contributed by atoms with Gasteiger partial charge in [0.15, 0.2) is 5.78 Å². The van der Waals surface area contributed by atoms with E-state index in [1.54, 1.807) is 24.3 Å². The standard InChI is InChI=1S/C20H23NO4/c1-2-25-17-10-8-16(9-11-17)19(22)12-13-21-18(14-20(23)24)15-6-4-3-5-7-15/h3-11,18,21H,2,12-14H2,1H3,(H,23,24). The number of Topliss-reactive ketones (excluding diaryl/α,β-unsaturated/α-hetero) is 1. The highest BCUT2D eigenvalue weighted by Gasteiger charge is 2.16. The number of ketones is 1. The van der Waals surface area contributed by atoms with Gasteiger partial charge in [-0.1, -0.05) is 30.3 Å². The molecule has 2 aromatic rings. The van der Waals surface area contributed by atoms with Crippen molar-refractivity contribution in [3.05, 3.63) is 65.7 Å². The van der Waals surface area contributed by atoms with Gasteiger partial charge in [0.05, 0.1) is 19.6 Å². The van der Waals surface area contributed by atoms with E-state index in [4.69, 9.17) is 4.74 Å². The van der Waals surface area contributed by atoms with Crippen molar-refractivity contribution in [1.82, 2.24) is 0 Å². The Morgan fingerprint density at radius 1 is 1.08 bits per heavy atom. The smallest absolute Gasteiger partial charge is 0.168 e. The Kier molecular flexibility index (Phi) is 7.16. The maximum Gasteiger partial charge on any atom is 0.168 e. The number of carboxylic acid groups (broad SMARTS) is 1. The summed E-state index contributed by atoms with van der Waals surface area (Å²) < 4.78 is 5.36. The molecule has 1 unspecified atom stereocenters. The molecule has 0 aliphatic rings. The molecule has 0 aliphatic carbocycles. The first-order valence-corrected chi connectivity index (χ1v) is 8.44. The van der Waals surface area contributed by atoms with Crippen LogP contribution in [0.3, 0.4) is 0 Å². The molecule has 0 radical (unpaired) electrons. The van der Waals surface area contributed by atoms with Gasteiger partial charge in [-0.3, -0.25) is 4.79 Å². The van der Waals surface area contributed by atoms with Crippen LogP contribution in [0.4, 0.5) is 0 Å². The highest BCUT2D eigenvalue weighted by Crippen LogP contribution is 2.14. The average molecular weight is 341 g/mol. The van der Waals surface area contributed by atoms with Gasteiger partial charge in [0.2, 0.25) is 0 Å². The fourth-order valence-electron chi connectivity index (χ4n) is 2.68. The first-order chi connectivity index (χ1) is 12.1. The van der Waals surface area contributed by atoms with E-state index in [0.717, 1.165) is 11.3 Å². The number of carboxylic acids is 1. The lowest BCUT2D eigenvalue weighted by Crippen LogP contribution is -2.86. The third kappa shape index (κ3) is 6.04. The lowest BCUT2D eigenvalue weighted by molar-refractivity contribution is -0.694. The maximum atomic E-state index is 12.3. The zero-order valence-corrected chi connectivity index (χ0v) is 14.3. The van der Waals surface area contributed by atoms with Gasteiger partial charge in [-0.05, 0) is 31.2 Å². The first-order valence-electron chi connectivity index (χ1n) is 8.44. The third-order valence-corrected chi connectivity index (χ3v) is 3.92. The van der Waals surface area contributed by atoms with E-state index in [1.165, 1.54) is 0 Å². The Hall–Kier alpha value is -2.66. The quantitative estimate of drug-likeness (QED) is 0.656. The summed E-state index contributed by atoms with van der Waals surface area (Å²) in [4.78, 5) is 23.2. The Balaban J connectivity index is 1.90. The molecule has 5 heteroatoms. The summed E-state index contributed by atoms with van der Waals surface area (Å²) in [5.74, 6) is -0.328. The van der Waals surface area contributed by atoms with Gasteiger partial charge in [-0.25, -0.2) is 0 Å². The zero-order valence-electron chi connectivity index (χ0n) is 14.3. The summed E-state index contributed by atoms with van der Waals surface area (Å²) in [6.07, 6.45) is 0.256. The molecule has 0 bridgehead atoms. The van der Waals surface area contributed by atoms with Crippen LogP contribution in [0.1, 0.15) is 41.7 Å². The molecule has 0 heterocycles. The van der Waals surface area contributed by atoms with E-state index in [-0.39, 0.29) is 18.2 Å². The molecule has 2 N–H and O–H groups in total. The van der Waals surface area contributed by atoms with Crippen molar-refractivity contribution < 1.29 is 24.7 Å².